The fourth-order valence-corrected chi connectivity index (χ4v) is 4.39. The highest BCUT2D eigenvalue weighted by atomic mass is 32.2. The summed E-state index contributed by atoms with van der Waals surface area (Å²) >= 11 is 0. The van der Waals surface area contributed by atoms with Crippen LogP contribution in [0.1, 0.15) is 36.5 Å². The molecule has 1 N–H and O–H groups in total. The molecule has 0 aromatic heterocycles. The van der Waals surface area contributed by atoms with E-state index in [9.17, 15) is 13.2 Å². The van der Waals surface area contributed by atoms with Gasteiger partial charge in [0.25, 0.3) is 10.0 Å². The molecular weight excluding hydrogens is 392 g/mol. The van der Waals surface area contributed by atoms with E-state index in [1.807, 2.05) is 25.1 Å². The molecule has 2 aromatic rings. The summed E-state index contributed by atoms with van der Waals surface area (Å²) in [6, 6.07) is 12.4. The lowest BCUT2D eigenvalue weighted by Gasteiger charge is -2.12. The van der Waals surface area contributed by atoms with Crippen molar-refractivity contribution in [2.45, 2.75) is 31.6 Å². The van der Waals surface area contributed by atoms with Gasteiger partial charge in [-0.3, -0.25) is 14.5 Å². The summed E-state index contributed by atoms with van der Waals surface area (Å²) < 4.78 is 37.1. The molecule has 2 aromatic carbocycles. The average molecular weight is 416 g/mol. The van der Waals surface area contributed by atoms with Crippen LogP contribution in [0.2, 0.25) is 0 Å². The van der Waals surface area contributed by atoms with Gasteiger partial charge < -0.3 is 9.47 Å². The molecule has 0 fully saturated rings. The van der Waals surface area contributed by atoms with Gasteiger partial charge in [0, 0.05) is 5.56 Å². The van der Waals surface area contributed by atoms with E-state index in [0.29, 0.717) is 11.5 Å². The highest BCUT2D eigenvalue weighted by molar-refractivity contribution is 7.90. The third-order valence-electron chi connectivity index (χ3n) is 4.51. The van der Waals surface area contributed by atoms with E-state index >= 15 is 0 Å². The van der Waals surface area contributed by atoms with E-state index in [4.69, 9.17) is 9.47 Å². The fraction of sp³-hybridized carbons (Fsp3) is 0.333. The number of benzene rings is 2. The molecule has 7 nitrogen and oxygen atoms in total. The Bertz CT molecular complexity index is 1040. The molecule has 0 aliphatic carbocycles. The lowest BCUT2D eigenvalue weighted by atomic mass is 9.98. The Morgan fingerprint density at radius 1 is 1.14 bits per heavy atom. The van der Waals surface area contributed by atoms with Crippen LogP contribution in [0.25, 0.3) is 0 Å². The first-order chi connectivity index (χ1) is 13.8. The van der Waals surface area contributed by atoms with Crippen molar-refractivity contribution in [2.24, 2.45) is 4.99 Å². The number of esters is 1. The minimum absolute atomic E-state index is 0.0803. The predicted molar refractivity (Wildman–Crippen MR) is 110 cm³/mol. The number of amidine groups is 1. The van der Waals surface area contributed by atoms with Crippen LogP contribution in [-0.4, -0.2) is 40.0 Å². The summed E-state index contributed by atoms with van der Waals surface area (Å²) in [6.07, 6.45) is 0. The number of ether oxygens (including phenoxy) is 2. The second-order valence-electron chi connectivity index (χ2n) is 7.01. The van der Waals surface area contributed by atoms with Gasteiger partial charge in [0.05, 0.1) is 4.90 Å². The lowest BCUT2D eigenvalue weighted by Crippen LogP contribution is -2.23. The van der Waals surface area contributed by atoms with E-state index in [-0.39, 0.29) is 30.5 Å². The molecule has 0 bridgehead atoms. The number of nitrogens with zero attached hydrogens (tertiary/aromatic N) is 1. The molecule has 8 heteroatoms. The number of fused-ring (bicyclic) bond motifs is 1. The molecule has 1 heterocycles. The first kappa shape index (κ1) is 20.9. The first-order valence-electron chi connectivity index (χ1n) is 9.33. The van der Waals surface area contributed by atoms with Crippen molar-refractivity contribution in [3.63, 3.8) is 0 Å². The van der Waals surface area contributed by atoms with Crippen LogP contribution in [0.5, 0.6) is 5.75 Å². The maximum absolute atomic E-state index is 12.0. The first-order valence-corrected chi connectivity index (χ1v) is 10.8. The van der Waals surface area contributed by atoms with Gasteiger partial charge in [0.2, 0.25) is 0 Å². The number of aryl methyl sites for hydroxylation is 1. The molecule has 154 valence electrons. The minimum Gasteiger partial charge on any atom is -0.490 e. The molecule has 0 unspecified atom stereocenters. The number of rotatable bonds is 7. The number of nitrogens with one attached hydrogen (secondary N) is 1. The molecule has 1 aliphatic heterocycles. The van der Waals surface area contributed by atoms with Crippen LogP contribution < -0.4 is 9.46 Å². The Kier molecular flexibility index (Phi) is 6.22. The van der Waals surface area contributed by atoms with Crippen LogP contribution in [-0.2, 0) is 19.6 Å². The summed E-state index contributed by atoms with van der Waals surface area (Å²) in [6.45, 7) is 6.34. The third-order valence-corrected chi connectivity index (χ3v) is 5.90. The van der Waals surface area contributed by atoms with Gasteiger partial charge >= 0.3 is 5.97 Å². The molecule has 0 radical (unpaired) electrons. The number of carbonyl (C=O) groups excluding carboxylic acids is 1. The monoisotopic (exact) mass is 416 g/mol. The van der Waals surface area contributed by atoms with Crippen molar-refractivity contribution < 1.29 is 22.7 Å². The number of carbonyl (C=O) groups is 1. The molecular formula is C21H24N2O5S. The molecule has 29 heavy (non-hydrogen) atoms. The lowest BCUT2D eigenvalue weighted by molar-refractivity contribution is -0.142. The van der Waals surface area contributed by atoms with Gasteiger partial charge in [0.1, 0.15) is 31.3 Å². The van der Waals surface area contributed by atoms with Gasteiger partial charge in [-0.25, -0.2) is 8.42 Å². The van der Waals surface area contributed by atoms with Crippen LogP contribution in [0, 0.1) is 6.92 Å². The fourth-order valence-electron chi connectivity index (χ4n) is 3.14. The Morgan fingerprint density at radius 3 is 2.62 bits per heavy atom. The van der Waals surface area contributed by atoms with E-state index in [2.05, 4.69) is 23.6 Å². The molecule has 0 saturated heterocycles. The standard InChI is InChI=1S/C21H24N2O5S/c1-14(2)17-9-8-16(12-15(17)3)27-10-11-28-20(24)13-22-21-18-6-4-5-7-19(18)29(25,26)23-21/h4-9,12,14H,10-11,13H2,1-3H3,(H,22,23). The predicted octanol–water partition coefficient (Wildman–Crippen LogP) is 2.78. The van der Waals surface area contributed by atoms with Crippen molar-refractivity contribution in [1.82, 2.24) is 4.72 Å². The van der Waals surface area contributed by atoms with Crippen molar-refractivity contribution in [3.8, 4) is 5.75 Å². The van der Waals surface area contributed by atoms with Gasteiger partial charge in [-0.15, -0.1) is 0 Å². The molecule has 0 saturated carbocycles. The summed E-state index contributed by atoms with van der Waals surface area (Å²) in [5, 5.41) is 0. The average Bonchev–Trinajstić information content (AvgIpc) is 2.94. The van der Waals surface area contributed by atoms with Crippen LogP contribution >= 0.6 is 0 Å². The normalized spacial score (nSPS) is 15.8. The van der Waals surface area contributed by atoms with Gasteiger partial charge in [-0.2, -0.15) is 0 Å². The van der Waals surface area contributed by atoms with E-state index in [0.717, 1.165) is 11.3 Å². The maximum Gasteiger partial charge on any atom is 0.327 e. The van der Waals surface area contributed by atoms with Crippen LogP contribution in [0.15, 0.2) is 52.4 Å². The Balaban J connectivity index is 1.48. The van der Waals surface area contributed by atoms with Gasteiger partial charge in [0.15, 0.2) is 0 Å². The van der Waals surface area contributed by atoms with Crippen LogP contribution in [0.3, 0.4) is 0 Å². The van der Waals surface area contributed by atoms with E-state index in [1.165, 1.54) is 11.6 Å². The van der Waals surface area contributed by atoms with Crippen LogP contribution in [0.4, 0.5) is 0 Å². The van der Waals surface area contributed by atoms with Crippen molar-refractivity contribution in [1.29, 1.82) is 0 Å². The number of hydrogen-bond acceptors (Lipinski definition) is 6. The molecule has 0 amide bonds. The highest BCUT2D eigenvalue weighted by Crippen LogP contribution is 2.24. The van der Waals surface area contributed by atoms with E-state index < -0.39 is 16.0 Å². The summed E-state index contributed by atoms with van der Waals surface area (Å²) in [5.74, 6) is 0.758. The van der Waals surface area contributed by atoms with E-state index in [1.54, 1.807) is 18.2 Å². The highest BCUT2D eigenvalue weighted by Gasteiger charge is 2.30. The van der Waals surface area contributed by atoms with Crippen molar-refractivity contribution in [2.75, 3.05) is 19.8 Å². The molecule has 3 rings (SSSR count). The largest absolute Gasteiger partial charge is 0.490 e. The Labute approximate surface area is 170 Å². The smallest absolute Gasteiger partial charge is 0.327 e. The molecule has 1 aliphatic rings. The zero-order valence-corrected chi connectivity index (χ0v) is 17.5. The molecule has 0 spiro atoms. The minimum atomic E-state index is -3.62. The van der Waals surface area contributed by atoms with Gasteiger partial charge in [-0.05, 0) is 48.2 Å². The number of aliphatic imine (C=N–C) groups is 1. The second kappa shape index (κ2) is 8.65. The topological polar surface area (TPSA) is 94.1 Å². The quantitative estimate of drug-likeness (QED) is 0.553. The van der Waals surface area contributed by atoms with Crippen molar-refractivity contribution in [3.05, 3.63) is 59.2 Å². The summed E-state index contributed by atoms with van der Waals surface area (Å²) in [7, 11) is -3.62. The zero-order valence-electron chi connectivity index (χ0n) is 16.6. The summed E-state index contributed by atoms with van der Waals surface area (Å²) in [5.41, 5.74) is 2.88. The van der Waals surface area contributed by atoms with Gasteiger partial charge in [-0.1, -0.05) is 32.0 Å². The number of hydrogen-bond donors (Lipinski definition) is 1. The maximum atomic E-state index is 12.0. The number of sulfonamides is 1. The third kappa shape index (κ3) is 4.95. The Morgan fingerprint density at radius 2 is 1.90 bits per heavy atom. The molecule has 0 atom stereocenters. The van der Waals surface area contributed by atoms with Crippen molar-refractivity contribution >= 4 is 21.8 Å². The Hall–Kier alpha value is -2.87. The second-order valence-corrected chi connectivity index (χ2v) is 8.66. The SMILES string of the molecule is Cc1cc(OCCOC(=O)CN=C2NS(=O)(=O)c3ccccc32)ccc1C(C)C. The summed E-state index contributed by atoms with van der Waals surface area (Å²) in [4.78, 5) is 16.1. The zero-order chi connectivity index (χ0) is 21.0.